The molecule has 1 amide bonds. The summed E-state index contributed by atoms with van der Waals surface area (Å²) in [5.74, 6) is -0.168. The van der Waals surface area contributed by atoms with E-state index in [-0.39, 0.29) is 17.2 Å². The van der Waals surface area contributed by atoms with Crippen LogP contribution >= 0.6 is 0 Å². The Balaban J connectivity index is 1.68. The topological polar surface area (TPSA) is 67.6 Å². The van der Waals surface area contributed by atoms with Gasteiger partial charge >= 0.3 is 0 Å². The molecule has 5 heteroatoms. The minimum absolute atomic E-state index is 0.0469. The van der Waals surface area contributed by atoms with Gasteiger partial charge in [0, 0.05) is 24.7 Å². The Morgan fingerprint density at radius 1 is 1.12 bits per heavy atom. The van der Waals surface area contributed by atoms with Gasteiger partial charge in [0.1, 0.15) is 11.8 Å². The van der Waals surface area contributed by atoms with Gasteiger partial charge in [-0.2, -0.15) is 5.26 Å². The number of phenols is 1. The number of carbonyl (C=O) groups is 1. The van der Waals surface area contributed by atoms with E-state index in [2.05, 4.69) is 4.90 Å². The average Bonchev–Trinajstić information content (AvgIpc) is 2.90. The highest BCUT2D eigenvalue weighted by Crippen LogP contribution is 2.23. The molecule has 2 aliphatic rings. The number of rotatable bonds is 2. The highest BCUT2D eigenvalue weighted by atomic mass is 16.3. The molecule has 1 aromatic rings. The van der Waals surface area contributed by atoms with E-state index in [4.69, 9.17) is 5.26 Å². The van der Waals surface area contributed by atoms with Gasteiger partial charge in [-0.05, 0) is 57.0 Å². The first kappa shape index (κ1) is 16.8. The van der Waals surface area contributed by atoms with Crippen molar-refractivity contribution in [2.75, 3.05) is 26.2 Å². The van der Waals surface area contributed by atoms with Crippen LogP contribution in [0.5, 0.6) is 5.75 Å². The third kappa shape index (κ3) is 3.70. The standard InChI is InChI=1S/C19H25N3O2/c20-13-16-8-7-15(12-18(16)23)19(24)22-11-5-6-17(14-22)21-9-3-1-2-4-10-21/h7-8,12,17,23H,1-6,9-11,14H2/t17-/m0/s1. The lowest BCUT2D eigenvalue weighted by atomic mass is 10.0. The normalized spacial score (nSPS) is 22.6. The Kier molecular flexibility index (Phi) is 5.37. The Morgan fingerprint density at radius 2 is 1.88 bits per heavy atom. The first-order chi connectivity index (χ1) is 11.7. The van der Waals surface area contributed by atoms with Crippen molar-refractivity contribution in [1.29, 1.82) is 5.26 Å². The summed E-state index contributed by atoms with van der Waals surface area (Å²) in [5.41, 5.74) is 0.663. The van der Waals surface area contributed by atoms with E-state index in [0.29, 0.717) is 11.6 Å². The van der Waals surface area contributed by atoms with Crippen LogP contribution in [0.25, 0.3) is 0 Å². The van der Waals surface area contributed by atoms with Crippen LogP contribution in [0.1, 0.15) is 54.4 Å². The van der Waals surface area contributed by atoms with Crippen LogP contribution < -0.4 is 0 Å². The summed E-state index contributed by atoms with van der Waals surface area (Å²) in [6, 6.07) is 6.93. The maximum atomic E-state index is 12.8. The monoisotopic (exact) mass is 327 g/mol. The fraction of sp³-hybridized carbons (Fsp3) is 0.579. The molecular weight excluding hydrogens is 302 g/mol. The lowest BCUT2D eigenvalue weighted by Crippen LogP contribution is -2.50. The summed E-state index contributed by atoms with van der Waals surface area (Å²) in [4.78, 5) is 17.2. The molecule has 1 aromatic carbocycles. The number of aromatic hydroxyl groups is 1. The van der Waals surface area contributed by atoms with E-state index < -0.39 is 0 Å². The lowest BCUT2D eigenvalue weighted by molar-refractivity contribution is 0.0578. The number of likely N-dealkylation sites (tertiary alicyclic amines) is 2. The molecule has 2 saturated heterocycles. The summed E-state index contributed by atoms with van der Waals surface area (Å²) < 4.78 is 0. The predicted molar refractivity (Wildman–Crippen MR) is 91.8 cm³/mol. The van der Waals surface area contributed by atoms with Crippen molar-refractivity contribution in [2.24, 2.45) is 0 Å². The van der Waals surface area contributed by atoms with Gasteiger partial charge in [-0.25, -0.2) is 0 Å². The van der Waals surface area contributed by atoms with E-state index in [1.807, 2.05) is 11.0 Å². The Morgan fingerprint density at radius 3 is 2.54 bits per heavy atom. The number of carbonyl (C=O) groups excluding carboxylic acids is 1. The van der Waals surface area contributed by atoms with E-state index in [1.54, 1.807) is 6.07 Å². The summed E-state index contributed by atoms with van der Waals surface area (Å²) in [7, 11) is 0. The first-order valence-corrected chi connectivity index (χ1v) is 8.95. The molecule has 1 N–H and O–H groups in total. The molecule has 128 valence electrons. The van der Waals surface area contributed by atoms with Gasteiger partial charge in [0.2, 0.25) is 0 Å². The van der Waals surface area contributed by atoms with E-state index in [9.17, 15) is 9.90 Å². The zero-order valence-corrected chi connectivity index (χ0v) is 14.1. The van der Waals surface area contributed by atoms with Gasteiger partial charge in [0.25, 0.3) is 5.91 Å². The molecular formula is C19H25N3O2. The first-order valence-electron chi connectivity index (χ1n) is 8.95. The molecule has 0 radical (unpaired) electrons. The number of hydrogen-bond donors (Lipinski definition) is 1. The number of hydrogen-bond acceptors (Lipinski definition) is 4. The van der Waals surface area contributed by atoms with Crippen molar-refractivity contribution < 1.29 is 9.90 Å². The number of piperidine rings is 1. The number of nitriles is 1. The summed E-state index contributed by atoms with van der Waals surface area (Å²) in [6.07, 6.45) is 7.33. The third-order valence-electron chi connectivity index (χ3n) is 5.21. The molecule has 2 heterocycles. The molecule has 3 rings (SSSR count). The number of nitrogens with zero attached hydrogens (tertiary/aromatic N) is 3. The highest BCUT2D eigenvalue weighted by Gasteiger charge is 2.28. The predicted octanol–water partition coefficient (Wildman–Crippen LogP) is 2.74. The van der Waals surface area contributed by atoms with Gasteiger partial charge in [0.05, 0.1) is 5.56 Å². The lowest BCUT2D eigenvalue weighted by Gasteiger charge is -2.39. The molecule has 0 saturated carbocycles. The van der Waals surface area contributed by atoms with Gasteiger partial charge in [-0.3, -0.25) is 9.69 Å². The van der Waals surface area contributed by atoms with Gasteiger partial charge in [0.15, 0.2) is 0 Å². The number of amides is 1. The van der Waals surface area contributed by atoms with Crippen LogP contribution in [0, 0.1) is 11.3 Å². The van der Waals surface area contributed by atoms with E-state index >= 15 is 0 Å². The number of phenolic OH excluding ortho intramolecular Hbond substituents is 1. The second-order valence-corrected chi connectivity index (χ2v) is 6.84. The van der Waals surface area contributed by atoms with Crippen LogP contribution in [-0.4, -0.2) is 53.0 Å². The van der Waals surface area contributed by atoms with Crippen molar-refractivity contribution in [3.63, 3.8) is 0 Å². The molecule has 1 atom stereocenters. The highest BCUT2D eigenvalue weighted by molar-refractivity contribution is 5.95. The minimum Gasteiger partial charge on any atom is -0.507 e. The fourth-order valence-corrected chi connectivity index (χ4v) is 3.84. The van der Waals surface area contributed by atoms with Crippen LogP contribution in [-0.2, 0) is 0 Å². The van der Waals surface area contributed by atoms with Crippen molar-refractivity contribution in [1.82, 2.24) is 9.80 Å². The smallest absolute Gasteiger partial charge is 0.254 e. The van der Waals surface area contributed by atoms with Crippen molar-refractivity contribution >= 4 is 5.91 Å². The fourth-order valence-electron chi connectivity index (χ4n) is 3.84. The largest absolute Gasteiger partial charge is 0.507 e. The molecule has 2 aliphatic heterocycles. The minimum atomic E-state index is -0.121. The summed E-state index contributed by atoms with van der Waals surface area (Å²) >= 11 is 0. The summed E-state index contributed by atoms with van der Waals surface area (Å²) in [5, 5.41) is 18.7. The van der Waals surface area contributed by atoms with Crippen molar-refractivity contribution in [2.45, 2.75) is 44.6 Å². The van der Waals surface area contributed by atoms with Crippen LogP contribution in [0.15, 0.2) is 18.2 Å². The Bertz CT molecular complexity index is 630. The van der Waals surface area contributed by atoms with Gasteiger partial charge < -0.3 is 10.0 Å². The van der Waals surface area contributed by atoms with Crippen molar-refractivity contribution in [3.8, 4) is 11.8 Å². The number of benzene rings is 1. The summed E-state index contributed by atoms with van der Waals surface area (Å²) in [6.45, 7) is 3.82. The van der Waals surface area contributed by atoms with Crippen molar-refractivity contribution in [3.05, 3.63) is 29.3 Å². The zero-order chi connectivity index (χ0) is 16.9. The molecule has 24 heavy (non-hydrogen) atoms. The van der Waals surface area contributed by atoms with Crippen LogP contribution in [0.2, 0.25) is 0 Å². The van der Waals surface area contributed by atoms with Crippen LogP contribution in [0.3, 0.4) is 0 Å². The second-order valence-electron chi connectivity index (χ2n) is 6.84. The second kappa shape index (κ2) is 7.67. The van der Waals surface area contributed by atoms with Gasteiger partial charge in [-0.1, -0.05) is 12.8 Å². The molecule has 0 aliphatic carbocycles. The quantitative estimate of drug-likeness (QED) is 0.907. The zero-order valence-electron chi connectivity index (χ0n) is 14.1. The molecule has 0 bridgehead atoms. The van der Waals surface area contributed by atoms with Crippen LogP contribution in [0.4, 0.5) is 0 Å². The molecule has 5 nitrogen and oxygen atoms in total. The molecule has 0 unspecified atom stereocenters. The van der Waals surface area contributed by atoms with E-state index in [1.165, 1.54) is 37.8 Å². The maximum absolute atomic E-state index is 12.8. The third-order valence-corrected chi connectivity index (χ3v) is 5.21. The molecule has 0 spiro atoms. The Labute approximate surface area is 143 Å². The maximum Gasteiger partial charge on any atom is 0.254 e. The molecule has 0 aromatic heterocycles. The van der Waals surface area contributed by atoms with E-state index in [0.717, 1.165) is 39.0 Å². The van der Waals surface area contributed by atoms with Gasteiger partial charge in [-0.15, -0.1) is 0 Å². The Hall–Kier alpha value is -2.06. The average molecular weight is 327 g/mol. The SMILES string of the molecule is N#Cc1ccc(C(=O)N2CCC[C@H](N3CCCCCC3)C2)cc1O. The molecule has 2 fully saturated rings.